The largest absolute Gasteiger partial charge is 0.379 e. The molecule has 0 radical (unpaired) electrons. The van der Waals surface area contributed by atoms with Gasteiger partial charge in [0.1, 0.15) is 5.82 Å². The smallest absolute Gasteiger partial charge is 0.241 e. The van der Waals surface area contributed by atoms with E-state index in [4.69, 9.17) is 9.26 Å². The van der Waals surface area contributed by atoms with Crippen molar-refractivity contribution in [1.82, 2.24) is 25.0 Å². The first kappa shape index (κ1) is 15.9. The minimum atomic E-state index is 0.605. The monoisotopic (exact) mass is 337 g/mol. The fourth-order valence-electron chi connectivity index (χ4n) is 2.79. The van der Waals surface area contributed by atoms with Gasteiger partial charge >= 0.3 is 0 Å². The van der Waals surface area contributed by atoms with Gasteiger partial charge in [0, 0.05) is 30.4 Å². The molecule has 0 atom stereocenters. The normalized spacial score (nSPS) is 15.4. The average Bonchev–Trinajstić information content (AvgIpc) is 3.11. The summed E-state index contributed by atoms with van der Waals surface area (Å²) in [5, 5.41) is 4.10. The summed E-state index contributed by atoms with van der Waals surface area (Å²) >= 11 is 0. The minimum absolute atomic E-state index is 0.605. The minimum Gasteiger partial charge on any atom is -0.379 e. The molecule has 0 bridgehead atoms. The SMILES string of the molecule is Cc1nccc(-c2ccc(-c3noc(CN4CCOCC4)n3)cc2)n1. The molecule has 2 aromatic heterocycles. The molecular formula is C18H19N5O2. The van der Waals surface area contributed by atoms with E-state index < -0.39 is 0 Å². The zero-order valence-corrected chi connectivity index (χ0v) is 14.1. The quantitative estimate of drug-likeness (QED) is 0.723. The lowest BCUT2D eigenvalue weighted by molar-refractivity contribution is 0.0297. The van der Waals surface area contributed by atoms with Crippen molar-refractivity contribution in [2.24, 2.45) is 0 Å². The third-order valence-electron chi connectivity index (χ3n) is 4.15. The number of hydrogen-bond donors (Lipinski definition) is 0. The highest BCUT2D eigenvalue weighted by atomic mass is 16.5. The summed E-state index contributed by atoms with van der Waals surface area (Å²) in [6, 6.07) is 9.88. The van der Waals surface area contributed by atoms with Gasteiger partial charge in [-0.2, -0.15) is 4.98 Å². The number of benzene rings is 1. The number of morpholine rings is 1. The van der Waals surface area contributed by atoms with Crippen molar-refractivity contribution in [3.63, 3.8) is 0 Å². The van der Waals surface area contributed by atoms with Crippen molar-refractivity contribution in [3.05, 3.63) is 48.2 Å². The Balaban J connectivity index is 1.48. The number of ether oxygens (including phenoxy) is 1. The highest BCUT2D eigenvalue weighted by molar-refractivity contribution is 5.64. The zero-order chi connectivity index (χ0) is 17.1. The molecule has 7 nitrogen and oxygen atoms in total. The van der Waals surface area contributed by atoms with Crippen LogP contribution < -0.4 is 0 Å². The van der Waals surface area contributed by atoms with E-state index >= 15 is 0 Å². The van der Waals surface area contributed by atoms with E-state index in [0.717, 1.165) is 48.9 Å². The summed E-state index contributed by atoms with van der Waals surface area (Å²) in [5.41, 5.74) is 2.86. The van der Waals surface area contributed by atoms with Crippen LogP contribution in [0.4, 0.5) is 0 Å². The molecule has 1 aliphatic rings. The third kappa shape index (κ3) is 3.72. The number of aryl methyl sites for hydroxylation is 1. The molecule has 7 heteroatoms. The summed E-state index contributed by atoms with van der Waals surface area (Å²) in [4.78, 5) is 15.3. The molecule has 0 unspecified atom stereocenters. The third-order valence-corrected chi connectivity index (χ3v) is 4.15. The Kier molecular flexibility index (Phi) is 4.49. The van der Waals surface area contributed by atoms with Crippen LogP contribution in [0.3, 0.4) is 0 Å². The molecule has 25 heavy (non-hydrogen) atoms. The van der Waals surface area contributed by atoms with Gasteiger partial charge < -0.3 is 9.26 Å². The Bertz CT molecular complexity index is 841. The lowest BCUT2D eigenvalue weighted by atomic mass is 10.1. The summed E-state index contributed by atoms with van der Waals surface area (Å²) in [6.45, 7) is 5.84. The highest BCUT2D eigenvalue weighted by Gasteiger charge is 2.15. The van der Waals surface area contributed by atoms with Gasteiger partial charge in [-0.15, -0.1) is 0 Å². The molecule has 0 N–H and O–H groups in total. The van der Waals surface area contributed by atoms with Crippen LogP contribution in [-0.4, -0.2) is 51.3 Å². The Morgan fingerprint density at radius 1 is 1.00 bits per heavy atom. The fraction of sp³-hybridized carbons (Fsp3) is 0.333. The maximum absolute atomic E-state index is 5.39. The first-order chi connectivity index (χ1) is 12.3. The molecule has 1 aromatic carbocycles. The summed E-state index contributed by atoms with van der Waals surface area (Å²) in [7, 11) is 0. The number of aromatic nitrogens is 4. The van der Waals surface area contributed by atoms with Crippen LogP contribution >= 0.6 is 0 Å². The maximum atomic E-state index is 5.39. The average molecular weight is 337 g/mol. The predicted molar refractivity (Wildman–Crippen MR) is 91.6 cm³/mol. The van der Waals surface area contributed by atoms with Gasteiger partial charge in [-0.1, -0.05) is 29.4 Å². The van der Waals surface area contributed by atoms with Gasteiger partial charge in [0.2, 0.25) is 11.7 Å². The highest BCUT2D eigenvalue weighted by Crippen LogP contribution is 2.22. The lowest BCUT2D eigenvalue weighted by Gasteiger charge is -2.24. The van der Waals surface area contributed by atoms with Gasteiger partial charge in [0.05, 0.1) is 25.5 Å². The van der Waals surface area contributed by atoms with Crippen molar-refractivity contribution in [2.45, 2.75) is 13.5 Å². The van der Waals surface area contributed by atoms with Gasteiger partial charge in [-0.3, -0.25) is 4.90 Å². The van der Waals surface area contributed by atoms with Crippen molar-refractivity contribution in [3.8, 4) is 22.6 Å². The van der Waals surface area contributed by atoms with E-state index in [1.807, 2.05) is 37.3 Å². The Morgan fingerprint density at radius 2 is 1.76 bits per heavy atom. The molecule has 0 aliphatic carbocycles. The molecule has 3 aromatic rings. The summed E-state index contributed by atoms with van der Waals surface area (Å²) in [5.74, 6) is 1.99. The molecule has 3 heterocycles. The zero-order valence-electron chi connectivity index (χ0n) is 14.1. The van der Waals surface area contributed by atoms with Gasteiger partial charge in [-0.05, 0) is 13.0 Å². The van der Waals surface area contributed by atoms with E-state index in [1.54, 1.807) is 6.20 Å². The molecule has 1 saturated heterocycles. The van der Waals surface area contributed by atoms with Crippen molar-refractivity contribution >= 4 is 0 Å². The first-order valence-electron chi connectivity index (χ1n) is 8.31. The van der Waals surface area contributed by atoms with E-state index in [1.165, 1.54) is 0 Å². The molecule has 0 spiro atoms. The van der Waals surface area contributed by atoms with E-state index in [-0.39, 0.29) is 0 Å². The van der Waals surface area contributed by atoms with Crippen molar-refractivity contribution in [1.29, 1.82) is 0 Å². The van der Waals surface area contributed by atoms with Crippen LogP contribution in [0.1, 0.15) is 11.7 Å². The lowest BCUT2D eigenvalue weighted by Crippen LogP contribution is -2.35. The second-order valence-electron chi connectivity index (χ2n) is 5.97. The maximum Gasteiger partial charge on any atom is 0.241 e. The number of hydrogen-bond acceptors (Lipinski definition) is 7. The molecule has 0 saturated carbocycles. The van der Waals surface area contributed by atoms with Crippen LogP contribution in [0.2, 0.25) is 0 Å². The van der Waals surface area contributed by atoms with Crippen LogP contribution in [-0.2, 0) is 11.3 Å². The van der Waals surface area contributed by atoms with E-state index in [9.17, 15) is 0 Å². The van der Waals surface area contributed by atoms with Gasteiger partial charge in [0.25, 0.3) is 0 Å². The molecule has 1 aliphatic heterocycles. The van der Waals surface area contributed by atoms with Crippen molar-refractivity contribution in [2.75, 3.05) is 26.3 Å². The van der Waals surface area contributed by atoms with E-state index in [0.29, 0.717) is 18.3 Å². The number of rotatable bonds is 4. The van der Waals surface area contributed by atoms with Crippen molar-refractivity contribution < 1.29 is 9.26 Å². The Labute approximate surface area is 145 Å². The van der Waals surface area contributed by atoms with Gasteiger partial charge in [-0.25, -0.2) is 9.97 Å². The van der Waals surface area contributed by atoms with Crippen LogP contribution in [0, 0.1) is 6.92 Å². The molecular weight excluding hydrogens is 318 g/mol. The van der Waals surface area contributed by atoms with E-state index in [2.05, 4.69) is 25.0 Å². The standard InChI is InChI=1S/C18H19N5O2/c1-13-19-7-6-16(20-13)14-2-4-15(5-3-14)18-21-17(25-22-18)12-23-8-10-24-11-9-23/h2-7H,8-12H2,1H3. The Morgan fingerprint density at radius 3 is 2.52 bits per heavy atom. The summed E-state index contributed by atoms with van der Waals surface area (Å²) in [6.07, 6.45) is 1.77. The summed E-state index contributed by atoms with van der Waals surface area (Å²) < 4.78 is 10.7. The van der Waals surface area contributed by atoms with Crippen LogP contribution in [0.15, 0.2) is 41.1 Å². The van der Waals surface area contributed by atoms with Crippen LogP contribution in [0.5, 0.6) is 0 Å². The van der Waals surface area contributed by atoms with Crippen LogP contribution in [0.25, 0.3) is 22.6 Å². The number of nitrogens with zero attached hydrogens (tertiary/aromatic N) is 5. The topological polar surface area (TPSA) is 77.2 Å². The fourth-order valence-corrected chi connectivity index (χ4v) is 2.79. The molecule has 128 valence electrons. The molecule has 1 fully saturated rings. The first-order valence-corrected chi connectivity index (χ1v) is 8.31. The predicted octanol–water partition coefficient (Wildman–Crippen LogP) is 2.33. The molecule has 0 amide bonds. The Hall–Kier alpha value is -2.64. The molecule has 4 rings (SSSR count). The second kappa shape index (κ2) is 7.08. The van der Waals surface area contributed by atoms with Gasteiger partial charge in [0.15, 0.2) is 0 Å². The second-order valence-corrected chi connectivity index (χ2v) is 5.97.